The second kappa shape index (κ2) is 6.26. The number of benzene rings is 1. The molecule has 0 aromatic heterocycles. The molecule has 0 saturated heterocycles. The molecule has 1 rings (SSSR count). The van der Waals surface area contributed by atoms with Gasteiger partial charge >= 0.3 is 0 Å². The van der Waals surface area contributed by atoms with Gasteiger partial charge < -0.3 is 5.73 Å². The molecule has 0 fully saturated rings. The van der Waals surface area contributed by atoms with Crippen LogP contribution in [0.4, 0.5) is 10.1 Å². The van der Waals surface area contributed by atoms with E-state index in [-0.39, 0.29) is 11.5 Å². The van der Waals surface area contributed by atoms with Gasteiger partial charge in [0.15, 0.2) is 5.78 Å². The van der Waals surface area contributed by atoms with Crippen LogP contribution in [0.25, 0.3) is 0 Å². The Bertz CT molecular complexity index is 363. The SMILES string of the molecule is CCCCCCC(=O)c1cccc(F)c1N. The average molecular weight is 223 g/mol. The number of ketones is 1. The van der Waals surface area contributed by atoms with Crippen molar-refractivity contribution in [3.05, 3.63) is 29.6 Å². The fourth-order valence-corrected chi connectivity index (χ4v) is 1.63. The fourth-order valence-electron chi connectivity index (χ4n) is 1.63. The summed E-state index contributed by atoms with van der Waals surface area (Å²) < 4.78 is 13.1. The highest BCUT2D eigenvalue weighted by molar-refractivity contribution is 6.00. The maximum atomic E-state index is 13.1. The Morgan fingerprint density at radius 3 is 2.75 bits per heavy atom. The molecule has 88 valence electrons. The van der Waals surface area contributed by atoms with Crippen LogP contribution in [-0.4, -0.2) is 5.78 Å². The first kappa shape index (κ1) is 12.7. The van der Waals surface area contributed by atoms with E-state index in [2.05, 4.69) is 6.92 Å². The quantitative estimate of drug-likeness (QED) is 0.455. The summed E-state index contributed by atoms with van der Waals surface area (Å²) >= 11 is 0. The number of carbonyl (C=O) groups is 1. The lowest BCUT2D eigenvalue weighted by molar-refractivity contribution is 0.0979. The Morgan fingerprint density at radius 2 is 2.06 bits per heavy atom. The Balaban J connectivity index is 2.56. The molecule has 0 atom stereocenters. The van der Waals surface area contributed by atoms with Gasteiger partial charge in [-0.1, -0.05) is 32.3 Å². The highest BCUT2D eigenvalue weighted by Gasteiger charge is 2.11. The lowest BCUT2D eigenvalue weighted by Crippen LogP contribution is -2.05. The van der Waals surface area contributed by atoms with Gasteiger partial charge in [0, 0.05) is 12.0 Å². The van der Waals surface area contributed by atoms with Gasteiger partial charge in [0.05, 0.1) is 5.69 Å². The van der Waals surface area contributed by atoms with Crippen LogP contribution in [0.5, 0.6) is 0 Å². The average Bonchev–Trinajstić information content (AvgIpc) is 2.28. The minimum absolute atomic E-state index is 0.0250. The maximum absolute atomic E-state index is 13.1. The summed E-state index contributed by atoms with van der Waals surface area (Å²) in [5, 5.41) is 0. The predicted octanol–water partition coefficient (Wildman–Crippen LogP) is 3.56. The monoisotopic (exact) mass is 223 g/mol. The van der Waals surface area contributed by atoms with Crippen LogP contribution >= 0.6 is 0 Å². The van der Waals surface area contributed by atoms with Crippen LogP contribution < -0.4 is 5.73 Å². The van der Waals surface area contributed by atoms with Crippen LogP contribution in [0.15, 0.2) is 18.2 Å². The minimum atomic E-state index is -0.514. The Hall–Kier alpha value is -1.38. The van der Waals surface area contributed by atoms with Crippen molar-refractivity contribution in [1.29, 1.82) is 0 Å². The van der Waals surface area contributed by atoms with Crippen molar-refractivity contribution in [2.75, 3.05) is 5.73 Å². The van der Waals surface area contributed by atoms with Crippen LogP contribution in [0, 0.1) is 5.82 Å². The number of hydrogen-bond donors (Lipinski definition) is 1. The third-order valence-corrected chi connectivity index (χ3v) is 2.61. The van der Waals surface area contributed by atoms with Crippen LogP contribution in [0.2, 0.25) is 0 Å². The number of para-hydroxylation sites is 1. The smallest absolute Gasteiger partial charge is 0.165 e. The van der Waals surface area contributed by atoms with Gasteiger partial charge in [-0.2, -0.15) is 0 Å². The molecule has 0 radical (unpaired) electrons. The number of nitrogen functional groups attached to an aromatic ring is 1. The third kappa shape index (κ3) is 3.33. The molecule has 2 N–H and O–H groups in total. The van der Waals surface area contributed by atoms with Crippen molar-refractivity contribution in [3.8, 4) is 0 Å². The van der Waals surface area contributed by atoms with Crippen molar-refractivity contribution < 1.29 is 9.18 Å². The van der Waals surface area contributed by atoms with Gasteiger partial charge in [0.25, 0.3) is 0 Å². The largest absolute Gasteiger partial charge is 0.396 e. The number of rotatable bonds is 6. The summed E-state index contributed by atoms with van der Waals surface area (Å²) in [4.78, 5) is 11.7. The molecule has 0 aliphatic rings. The van der Waals surface area contributed by atoms with Gasteiger partial charge in [-0.3, -0.25) is 4.79 Å². The van der Waals surface area contributed by atoms with E-state index in [0.29, 0.717) is 12.0 Å². The highest BCUT2D eigenvalue weighted by atomic mass is 19.1. The van der Waals surface area contributed by atoms with E-state index < -0.39 is 5.82 Å². The standard InChI is InChI=1S/C13H18FNO/c1-2-3-4-5-9-12(16)10-7-6-8-11(14)13(10)15/h6-8H,2-5,9,15H2,1H3. The lowest BCUT2D eigenvalue weighted by Gasteiger charge is -2.05. The molecule has 0 heterocycles. The van der Waals surface area contributed by atoms with Crippen molar-refractivity contribution in [2.24, 2.45) is 0 Å². The van der Waals surface area contributed by atoms with Gasteiger partial charge in [-0.15, -0.1) is 0 Å². The van der Waals surface area contributed by atoms with Crippen molar-refractivity contribution >= 4 is 11.5 Å². The first-order valence-electron chi connectivity index (χ1n) is 5.74. The molecule has 1 aromatic carbocycles. The molecule has 0 aliphatic carbocycles. The zero-order valence-electron chi connectivity index (χ0n) is 9.63. The number of Topliss-reactive ketones (excluding diaryl/α,β-unsaturated/α-hetero) is 1. The molecule has 0 saturated carbocycles. The Morgan fingerprint density at radius 1 is 1.31 bits per heavy atom. The first-order valence-corrected chi connectivity index (χ1v) is 5.74. The number of carbonyl (C=O) groups excluding carboxylic acids is 1. The van der Waals surface area contributed by atoms with Gasteiger partial charge in [0.1, 0.15) is 5.82 Å². The van der Waals surface area contributed by atoms with Crippen LogP contribution in [0.3, 0.4) is 0 Å². The molecule has 0 amide bonds. The first-order chi connectivity index (χ1) is 7.66. The predicted molar refractivity (Wildman–Crippen MR) is 63.9 cm³/mol. The van der Waals surface area contributed by atoms with Crippen molar-refractivity contribution in [3.63, 3.8) is 0 Å². The van der Waals surface area contributed by atoms with Gasteiger partial charge in [-0.05, 0) is 18.6 Å². The lowest BCUT2D eigenvalue weighted by atomic mass is 10.0. The van der Waals surface area contributed by atoms with Crippen molar-refractivity contribution in [1.82, 2.24) is 0 Å². The second-order valence-electron chi connectivity index (χ2n) is 3.93. The number of nitrogens with two attached hydrogens (primary N) is 1. The van der Waals surface area contributed by atoms with E-state index >= 15 is 0 Å². The van der Waals surface area contributed by atoms with E-state index in [1.54, 1.807) is 6.07 Å². The second-order valence-corrected chi connectivity index (χ2v) is 3.93. The van der Waals surface area contributed by atoms with Crippen LogP contribution in [-0.2, 0) is 0 Å². The molecule has 2 nitrogen and oxygen atoms in total. The number of unbranched alkanes of at least 4 members (excludes halogenated alkanes) is 3. The molecule has 0 spiro atoms. The zero-order valence-corrected chi connectivity index (χ0v) is 9.63. The van der Waals surface area contributed by atoms with E-state index in [9.17, 15) is 9.18 Å². The molecule has 0 bridgehead atoms. The van der Waals surface area contributed by atoms with E-state index in [4.69, 9.17) is 5.73 Å². The molecule has 1 aromatic rings. The highest BCUT2D eigenvalue weighted by Crippen LogP contribution is 2.18. The minimum Gasteiger partial charge on any atom is -0.396 e. The van der Waals surface area contributed by atoms with Gasteiger partial charge in [0.2, 0.25) is 0 Å². The third-order valence-electron chi connectivity index (χ3n) is 2.61. The molecular weight excluding hydrogens is 205 g/mol. The number of hydrogen-bond acceptors (Lipinski definition) is 2. The van der Waals surface area contributed by atoms with E-state index in [1.165, 1.54) is 12.1 Å². The van der Waals surface area contributed by atoms with Crippen molar-refractivity contribution in [2.45, 2.75) is 39.0 Å². The zero-order chi connectivity index (χ0) is 12.0. The van der Waals surface area contributed by atoms with Crippen LogP contribution in [0.1, 0.15) is 49.4 Å². The van der Waals surface area contributed by atoms with E-state index in [0.717, 1.165) is 25.7 Å². The summed E-state index contributed by atoms with van der Waals surface area (Å²) in [7, 11) is 0. The molecule has 0 aliphatic heterocycles. The van der Waals surface area contributed by atoms with E-state index in [1.807, 2.05) is 0 Å². The summed E-state index contributed by atoms with van der Waals surface area (Å²) in [6.07, 6.45) is 4.61. The maximum Gasteiger partial charge on any atom is 0.165 e. The number of halogens is 1. The molecule has 3 heteroatoms. The summed E-state index contributed by atoms with van der Waals surface area (Å²) in [5.74, 6) is -0.576. The van der Waals surface area contributed by atoms with Gasteiger partial charge in [-0.25, -0.2) is 4.39 Å². The Labute approximate surface area is 95.7 Å². The topological polar surface area (TPSA) is 43.1 Å². The molecular formula is C13H18FNO. The molecule has 16 heavy (non-hydrogen) atoms. The number of anilines is 1. The summed E-state index contributed by atoms with van der Waals surface area (Å²) in [6.45, 7) is 2.12. The summed E-state index contributed by atoms with van der Waals surface area (Å²) in [6, 6.07) is 4.37. The normalized spacial score (nSPS) is 10.4. The fraction of sp³-hybridized carbons (Fsp3) is 0.462. The molecule has 0 unspecified atom stereocenters. The Kier molecular flexibility index (Phi) is 4.96. The summed E-state index contributed by atoms with van der Waals surface area (Å²) in [5.41, 5.74) is 5.81.